The van der Waals surface area contributed by atoms with Crippen LogP contribution < -0.4 is 5.32 Å². The first-order chi connectivity index (χ1) is 5.99. The van der Waals surface area contributed by atoms with E-state index in [1.165, 1.54) is 0 Å². The monoisotopic (exact) mass is 229 g/mol. The number of carboxylic acid groups (broad SMARTS) is 1. The van der Waals surface area contributed by atoms with Gasteiger partial charge in [0, 0.05) is 18.9 Å². The van der Waals surface area contributed by atoms with E-state index in [1.807, 2.05) is 0 Å². The highest BCUT2D eigenvalue weighted by atomic mass is 35.5. The largest absolute Gasteiger partial charge is 0.481 e. The van der Waals surface area contributed by atoms with Gasteiger partial charge in [0.15, 0.2) is 0 Å². The fourth-order valence-electron chi connectivity index (χ4n) is 1.41. The second-order valence-electron chi connectivity index (χ2n) is 3.40. The van der Waals surface area contributed by atoms with Crippen molar-refractivity contribution >= 4 is 18.4 Å². The average Bonchev–Trinajstić information content (AvgIpc) is 2.02. The summed E-state index contributed by atoms with van der Waals surface area (Å²) in [5, 5.41) is 11.0. The van der Waals surface area contributed by atoms with Crippen molar-refractivity contribution in [2.24, 2.45) is 0 Å². The molecule has 0 aromatic heterocycles. The lowest BCUT2D eigenvalue weighted by Crippen LogP contribution is -2.45. The van der Waals surface area contributed by atoms with Crippen LogP contribution in [0.4, 0.5) is 8.78 Å². The van der Waals surface area contributed by atoms with Crippen LogP contribution in [0.3, 0.4) is 0 Å². The second kappa shape index (κ2) is 5.46. The van der Waals surface area contributed by atoms with Crippen molar-refractivity contribution in [3.63, 3.8) is 0 Å². The molecule has 0 aliphatic carbocycles. The van der Waals surface area contributed by atoms with Crippen molar-refractivity contribution < 1.29 is 18.7 Å². The van der Waals surface area contributed by atoms with Crippen molar-refractivity contribution in [1.82, 2.24) is 5.32 Å². The standard InChI is InChI=1S/C8H13F2NO2.ClH/c9-8(10)4-3-6(11-5-8)1-2-7(12)13;/h6,11H,1-5H2,(H,12,13);1H. The first-order valence-electron chi connectivity index (χ1n) is 4.33. The predicted molar refractivity (Wildman–Crippen MR) is 50.1 cm³/mol. The Balaban J connectivity index is 0.00000169. The van der Waals surface area contributed by atoms with Gasteiger partial charge in [0.05, 0.1) is 6.54 Å². The summed E-state index contributed by atoms with van der Waals surface area (Å²) >= 11 is 0. The quantitative estimate of drug-likeness (QED) is 0.774. The maximum absolute atomic E-state index is 12.6. The van der Waals surface area contributed by atoms with Gasteiger partial charge in [-0.3, -0.25) is 4.79 Å². The Kier molecular flexibility index (Phi) is 5.29. The summed E-state index contributed by atoms with van der Waals surface area (Å²) < 4.78 is 25.2. The van der Waals surface area contributed by atoms with Gasteiger partial charge in [-0.25, -0.2) is 8.78 Å². The minimum Gasteiger partial charge on any atom is -0.481 e. The van der Waals surface area contributed by atoms with Crippen molar-refractivity contribution in [1.29, 1.82) is 0 Å². The number of aliphatic carboxylic acids is 1. The summed E-state index contributed by atoms with van der Waals surface area (Å²) in [6.45, 7) is -0.322. The van der Waals surface area contributed by atoms with Gasteiger partial charge in [-0.2, -0.15) is 0 Å². The fraction of sp³-hybridized carbons (Fsp3) is 0.875. The first-order valence-corrected chi connectivity index (χ1v) is 4.33. The molecule has 0 spiro atoms. The normalized spacial score (nSPS) is 25.1. The van der Waals surface area contributed by atoms with E-state index in [9.17, 15) is 13.6 Å². The molecule has 0 aromatic carbocycles. The molecule has 3 nitrogen and oxygen atoms in total. The third-order valence-electron chi connectivity index (χ3n) is 2.21. The molecule has 1 fully saturated rings. The highest BCUT2D eigenvalue weighted by Crippen LogP contribution is 2.25. The molecule has 0 aromatic rings. The Morgan fingerprint density at radius 3 is 2.64 bits per heavy atom. The molecule has 6 heteroatoms. The minimum absolute atomic E-state index is 0. The number of nitrogens with one attached hydrogen (secondary N) is 1. The molecule has 1 aliphatic heterocycles. The Morgan fingerprint density at radius 1 is 1.57 bits per heavy atom. The third-order valence-corrected chi connectivity index (χ3v) is 2.21. The lowest BCUT2D eigenvalue weighted by atomic mass is 9.98. The number of carboxylic acids is 1. The molecule has 1 unspecified atom stereocenters. The zero-order valence-corrected chi connectivity index (χ0v) is 8.45. The van der Waals surface area contributed by atoms with Crippen LogP contribution in [0.25, 0.3) is 0 Å². The molecule has 0 saturated carbocycles. The van der Waals surface area contributed by atoms with Crippen LogP contribution >= 0.6 is 12.4 Å². The minimum atomic E-state index is -2.61. The molecule has 1 aliphatic rings. The molecule has 1 atom stereocenters. The number of carbonyl (C=O) groups is 1. The summed E-state index contributed by atoms with van der Waals surface area (Å²) in [5.41, 5.74) is 0. The molecule has 1 saturated heterocycles. The Labute approximate surface area is 87.3 Å². The Morgan fingerprint density at radius 2 is 2.21 bits per heavy atom. The highest BCUT2D eigenvalue weighted by molar-refractivity contribution is 5.85. The van der Waals surface area contributed by atoms with E-state index in [-0.39, 0.29) is 37.8 Å². The van der Waals surface area contributed by atoms with Crippen LogP contribution in [0.1, 0.15) is 25.7 Å². The fourth-order valence-corrected chi connectivity index (χ4v) is 1.41. The van der Waals surface area contributed by atoms with Gasteiger partial charge >= 0.3 is 5.97 Å². The number of hydrogen-bond donors (Lipinski definition) is 2. The van der Waals surface area contributed by atoms with Crippen LogP contribution in [0.15, 0.2) is 0 Å². The molecule has 14 heavy (non-hydrogen) atoms. The summed E-state index contributed by atoms with van der Waals surface area (Å²) in [6, 6.07) is -0.0595. The zero-order valence-electron chi connectivity index (χ0n) is 7.63. The molecule has 0 bridgehead atoms. The SMILES string of the molecule is Cl.O=C(O)CCC1CCC(F)(F)CN1. The van der Waals surface area contributed by atoms with Crippen LogP contribution in [0, 0.1) is 0 Å². The van der Waals surface area contributed by atoms with Gasteiger partial charge in [-0.15, -0.1) is 12.4 Å². The van der Waals surface area contributed by atoms with Crippen LogP contribution in [0.2, 0.25) is 0 Å². The average molecular weight is 230 g/mol. The predicted octanol–water partition coefficient (Wildman–Crippen LogP) is 1.66. The molecule has 2 N–H and O–H groups in total. The van der Waals surface area contributed by atoms with Crippen molar-refractivity contribution in [3.8, 4) is 0 Å². The lowest BCUT2D eigenvalue weighted by molar-refractivity contribution is -0.137. The molecular weight excluding hydrogens is 216 g/mol. The molecule has 84 valence electrons. The van der Waals surface area contributed by atoms with Gasteiger partial charge in [0.2, 0.25) is 0 Å². The van der Waals surface area contributed by atoms with E-state index in [2.05, 4.69) is 5.32 Å². The molecule has 1 heterocycles. The highest BCUT2D eigenvalue weighted by Gasteiger charge is 2.34. The van der Waals surface area contributed by atoms with Gasteiger partial charge in [-0.05, 0) is 12.8 Å². The van der Waals surface area contributed by atoms with E-state index in [1.54, 1.807) is 0 Å². The first kappa shape index (κ1) is 13.6. The Bertz CT molecular complexity index is 192. The summed E-state index contributed by atoms with van der Waals surface area (Å²) in [5.74, 6) is -3.49. The van der Waals surface area contributed by atoms with E-state index in [0.29, 0.717) is 12.8 Å². The number of halogens is 3. The van der Waals surface area contributed by atoms with Gasteiger partial charge in [0.1, 0.15) is 0 Å². The molecular formula is C8H14ClF2NO2. The van der Waals surface area contributed by atoms with E-state index < -0.39 is 11.9 Å². The number of piperidine rings is 1. The van der Waals surface area contributed by atoms with Crippen LogP contribution in [0.5, 0.6) is 0 Å². The molecule has 0 amide bonds. The topological polar surface area (TPSA) is 49.3 Å². The van der Waals surface area contributed by atoms with Crippen molar-refractivity contribution in [3.05, 3.63) is 0 Å². The maximum atomic E-state index is 12.6. The summed E-state index contributed by atoms with van der Waals surface area (Å²) in [4.78, 5) is 10.2. The smallest absolute Gasteiger partial charge is 0.303 e. The number of hydrogen-bond acceptors (Lipinski definition) is 2. The zero-order chi connectivity index (χ0) is 9.90. The lowest BCUT2D eigenvalue weighted by Gasteiger charge is -2.29. The third kappa shape index (κ3) is 4.72. The molecule has 1 rings (SSSR count). The van der Waals surface area contributed by atoms with E-state index in [0.717, 1.165) is 0 Å². The summed E-state index contributed by atoms with van der Waals surface area (Å²) in [6.07, 6.45) is 0.708. The van der Waals surface area contributed by atoms with Gasteiger partial charge in [0.25, 0.3) is 5.92 Å². The van der Waals surface area contributed by atoms with E-state index >= 15 is 0 Å². The maximum Gasteiger partial charge on any atom is 0.303 e. The van der Waals surface area contributed by atoms with Gasteiger partial charge < -0.3 is 10.4 Å². The van der Waals surface area contributed by atoms with Crippen LogP contribution in [-0.2, 0) is 4.79 Å². The Hall–Kier alpha value is -0.420. The van der Waals surface area contributed by atoms with E-state index in [4.69, 9.17) is 5.11 Å². The van der Waals surface area contributed by atoms with Crippen LogP contribution in [-0.4, -0.2) is 29.6 Å². The van der Waals surface area contributed by atoms with Gasteiger partial charge in [-0.1, -0.05) is 0 Å². The molecule has 0 radical (unpaired) electrons. The number of alkyl halides is 2. The van der Waals surface area contributed by atoms with Crippen molar-refractivity contribution in [2.45, 2.75) is 37.6 Å². The van der Waals surface area contributed by atoms with Crippen molar-refractivity contribution in [2.75, 3.05) is 6.54 Å². The second-order valence-corrected chi connectivity index (χ2v) is 3.40. The number of rotatable bonds is 3. The summed E-state index contributed by atoms with van der Waals surface area (Å²) in [7, 11) is 0.